The molecule has 0 N–H and O–H groups in total. The van der Waals surface area contributed by atoms with Gasteiger partial charge in [-0.25, -0.2) is 4.79 Å². The average Bonchev–Trinajstić information content (AvgIpc) is 2.17. The topological polar surface area (TPSA) is 35.5 Å². The molecule has 0 aliphatic rings. The van der Waals surface area contributed by atoms with Crippen LogP contribution in [0.4, 0.5) is 13.2 Å². The van der Waals surface area contributed by atoms with Gasteiger partial charge in [-0.2, -0.15) is 0 Å². The van der Waals surface area contributed by atoms with E-state index in [-0.39, 0.29) is 0 Å². The Labute approximate surface area is 89.8 Å². The van der Waals surface area contributed by atoms with Crippen LogP contribution in [0.15, 0.2) is 30.3 Å². The summed E-state index contributed by atoms with van der Waals surface area (Å²) in [6.45, 7) is 0. The van der Waals surface area contributed by atoms with Crippen LogP contribution in [0.5, 0.6) is 0 Å². The molecule has 0 amide bonds. The zero-order valence-electron chi connectivity index (χ0n) is 8.32. The maximum atomic E-state index is 11.8. The van der Waals surface area contributed by atoms with Crippen molar-refractivity contribution >= 4 is 5.97 Å². The Bertz CT molecular complexity index is 348. The summed E-state index contributed by atoms with van der Waals surface area (Å²) in [6.07, 6.45) is -6.37. The van der Waals surface area contributed by atoms with Crippen LogP contribution in [-0.4, -0.2) is 19.4 Å². The number of carbonyl (C=O) groups excluding carboxylic acids is 1. The van der Waals surface area contributed by atoms with Crippen molar-refractivity contribution in [1.82, 2.24) is 0 Å². The summed E-state index contributed by atoms with van der Waals surface area (Å²) in [4.78, 5) is 11.1. The van der Waals surface area contributed by atoms with E-state index in [4.69, 9.17) is 0 Å². The molecule has 0 aliphatic heterocycles. The monoisotopic (exact) mass is 234 g/mol. The van der Waals surface area contributed by atoms with Crippen molar-refractivity contribution in [3.63, 3.8) is 0 Å². The number of benzene rings is 1. The highest BCUT2D eigenvalue weighted by molar-refractivity contribution is 5.76. The molecule has 1 unspecified atom stereocenters. The highest BCUT2D eigenvalue weighted by Gasteiger charge is 2.37. The van der Waals surface area contributed by atoms with Crippen LogP contribution in [-0.2, 0) is 14.3 Å². The highest BCUT2D eigenvalue weighted by atomic mass is 19.4. The lowest BCUT2D eigenvalue weighted by molar-refractivity contribution is -0.309. The van der Waals surface area contributed by atoms with E-state index in [1.807, 2.05) is 0 Å². The molecular weight excluding hydrogens is 225 g/mol. The fourth-order valence-corrected chi connectivity index (χ4v) is 1.16. The molecule has 16 heavy (non-hydrogen) atoms. The number of rotatable bonds is 3. The summed E-state index contributed by atoms with van der Waals surface area (Å²) in [5.41, 5.74) is 0.305. The molecule has 0 aliphatic carbocycles. The molecule has 6 heteroatoms. The van der Waals surface area contributed by atoms with E-state index in [0.29, 0.717) is 5.56 Å². The third kappa shape index (κ3) is 3.54. The second-order valence-corrected chi connectivity index (χ2v) is 2.89. The van der Waals surface area contributed by atoms with Gasteiger partial charge in [0.05, 0.1) is 0 Å². The lowest BCUT2D eigenvalue weighted by Crippen LogP contribution is -2.25. The minimum absolute atomic E-state index is 0.305. The number of alkyl halides is 3. The second-order valence-electron chi connectivity index (χ2n) is 2.89. The standard InChI is InChI=1S/C10H9F3O3/c1-15-8(7-5-3-2-4-6-7)9(14)16-10(11,12)13/h2-6,8H,1H3. The molecule has 0 saturated carbocycles. The maximum absolute atomic E-state index is 11.8. The van der Waals surface area contributed by atoms with Crippen LogP contribution in [0.3, 0.4) is 0 Å². The van der Waals surface area contributed by atoms with Gasteiger partial charge in [-0.3, -0.25) is 0 Å². The lowest BCUT2D eigenvalue weighted by Gasteiger charge is -2.15. The van der Waals surface area contributed by atoms with E-state index in [9.17, 15) is 18.0 Å². The first-order valence-corrected chi connectivity index (χ1v) is 4.31. The van der Waals surface area contributed by atoms with E-state index in [1.54, 1.807) is 18.2 Å². The molecular formula is C10H9F3O3. The Morgan fingerprint density at radius 3 is 2.25 bits per heavy atom. The maximum Gasteiger partial charge on any atom is 0.575 e. The summed E-state index contributed by atoms with van der Waals surface area (Å²) >= 11 is 0. The number of carbonyl (C=O) groups is 1. The van der Waals surface area contributed by atoms with Gasteiger partial charge in [0, 0.05) is 7.11 Å². The molecule has 0 bridgehead atoms. The third-order valence-corrected chi connectivity index (χ3v) is 1.77. The van der Waals surface area contributed by atoms with E-state index in [1.165, 1.54) is 12.1 Å². The van der Waals surface area contributed by atoms with Gasteiger partial charge in [-0.05, 0) is 5.56 Å². The number of esters is 1. The van der Waals surface area contributed by atoms with Crippen molar-refractivity contribution in [3.8, 4) is 0 Å². The van der Waals surface area contributed by atoms with E-state index >= 15 is 0 Å². The number of ether oxygens (including phenoxy) is 2. The predicted molar refractivity (Wildman–Crippen MR) is 48.3 cm³/mol. The quantitative estimate of drug-likeness (QED) is 0.753. The summed E-state index contributed by atoms with van der Waals surface area (Å²) < 4.78 is 43.4. The predicted octanol–water partition coefficient (Wildman–Crippen LogP) is 2.44. The van der Waals surface area contributed by atoms with Gasteiger partial charge in [0.1, 0.15) is 0 Å². The zero-order chi connectivity index (χ0) is 12.2. The smallest absolute Gasteiger partial charge is 0.371 e. The van der Waals surface area contributed by atoms with E-state index in [0.717, 1.165) is 7.11 Å². The molecule has 88 valence electrons. The largest absolute Gasteiger partial charge is 0.575 e. The highest BCUT2D eigenvalue weighted by Crippen LogP contribution is 2.23. The Balaban J connectivity index is 2.80. The number of methoxy groups -OCH3 is 1. The normalized spacial score (nSPS) is 13.2. The van der Waals surface area contributed by atoms with Crippen LogP contribution < -0.4 is 0 Å². The average molecular weight is 234 g/mol. The van der Waals surface area contributed by atoms with Crippen molar-refractivity contribution in [2.75, 3.05) is 7.11 Å². The van der Waals surface area contributed by atoms with Crippen LogP contribution in [0, 0.1) is 0 Å². The molecule has 0 aromatic heterocycles. The van der Waals surface area contributed by atoms with Gasteiger partial charge in [-0.15, -0.1) is 13.2 Å². The van der Waals surface area contributed by atoms with Crippen LogP contribution in [0.25, 0.3) is 0 Å². The van der Waals surface area contributed by atoms with Crippen molar-refractivity contribution in [1.29, 1.82) is 0 Å². The van der Waals surface area contributed by atoms with Crippen molar-refractivity contribution in [2.24, 2.45) is 0 Å². The van der Waals surface area contributed by atoms with Gasteiger partial charge in [-0.1, -0.05) is 30.3 Å². The van der Waals surface area contributed by atoms with Gasteiger partial charge < -0.3 is 9.47 Å². The van der Waals surface area contributed by atoms with E-state index < -0.39 is 18.4 Å². The molecule has 1 aromatic carbocycles. The molecule has 1 aromatic rings. The first kappa shape index (κ1) is 12.5. The SMILES string of the molecule is COC(C(=O)OC(F)(F)F)c1ccccc1. The minimum Gasteiger partial charge on any atom is -0.371 e. The molecule has 0 fully saturated rings. The Morgan fingerprint density at radius 1 is 1.25 bits per heavy atom. The number of halogens is 3. The Hall–Kier alpha value is -1.56. The molecule has 0 saturated heterocycles. The summed E-state index contributed by atoms with van der Waals surface area (Å²) in [6, 6.07) is 7.80. The fourth-order valence-electron chi connectivity index (χ4n) is 1.16. The van der Waals surface area contributed by atoms with Gasteiger partial charge in [0.2, 0.25) is 0 Å². The van der Waals surface area contributed by atoms with Crippen LogP contribution in [0.2, 0.25) is 0 Å². The fraction of sp³-hybridized carbons (Fsp3) is 0.300. The number of hydrogen-bond acceptors (Lipinski definition) is 3. The van der Waals surface area contributed by atoms with Crippen molar-refractivity contribution in [2.45, 2.75) is 12.5 Å². The van der Waals surface area contributed by atoms with Crippen LogP contribution in [0.1, 0.15) is 11.7 Å². The second kappa shape index (κ2) is 4.98. The zero-order valence-corrected chi connectivity index (χ0v) is 8.32. The molecule has 0 radical (unpaired) electrons. The van der Waals surface area contributed by atoms with E-state index in [2.05, 4.69) is 9.47 Å². The first-order valence-electron chi connectivity index (χ1n) is 4.31. The number of hydrogen-bond donors (Lipinski definition) is 0. The van der Waals surface area contributed by atoms with Gasteiger partial charge >= 0.3 is 12.3 Å². The Kier molecular flexibility index (Phi) is 3.89. The lowest BCUT2D eigenvalue weighted by atomic mass is 10.1. The minimum atomic E-state index is -5.00. The van der Waals surface area contributed by atoms with Crippen molar-refractivity contribution < 1.29 is 27.4 Å². The van der Waals surface area contributed by atoms with Crippen LogP contribution >= 0.6 is 0 Å². The van der Waals surface area contributed by atoms with Crippen molar-refractivity contribution in [3.05, 3.63) is 35.9 Å². The molecule has 3 nitrogen and oxygen atoms in total. The summed E-state index contributed by atoms with van der Waals surface area (Å²) in [5.74, 6) is -1.48. The Morgan fingerprint density at radius 2 is 1.81 bits per heavy atom. The van der Waals surface area contributed by atoms with Gasteiger partial charge in [0.15, 0.2) is 6.10 Å². The molecule has 0 heterocycles. The summed E-state index contributed by atoms with van der Waals surface area (Å²) in [5, 5.41) is 0. The molecule has 1 atom stereocenters. The summed E-state index contributed by atoms with van der Waals surface area (Å²) in [7, 11) is 1.13. The molecule has 1 rings (SSSR count). The van der Waals surface area contributed by atoms with Gasteiger partial charge in [0.25, 0.3) is 0 Å². The molecule has 0 spiro atoms. The third-order valence-electron chi connectivity index (χ3n) is 1.77. The first-order chi connectivity index (χ1) is 7.44.